The van der Waals surface area contributed by atoms with Gasteiger partial charge in [0.05, 0.1) is 12.1 Å². The zero-order valence-electron chi connectivity index (χ0n) is 11.9. The number of anilines is 2. The summed E-state index contributed by atoms with van der Waals surface area (Å²) in [7, 11) is 1.75. The Bertz CT molecular complexity index is 552. The van der Waals surface area contributed by atoms with Gasteiger partial charge in [-0.1, -0.05) is 0 Å². The van der Waals surface area contributed by atoms with Gasteiger partial charge >= 0.3 is 0 Å². The quantitative estimate of drug-likeness (QED) is 0.877. The van der Waals surface area contributed by atoms with Crippen molar-refractivity contribution >= 4 is 11.6 Å². The molecule has 3 heterocycles. The molecule has 0 unspecified atom stereocenters. The van der Waals surface area contributed by atoms with Gasteiger partial charge in [0, 0.05) is 32.6 Å². The Balaban J connectivity index is 1.69. The molecule has 3 rings (SSSR count). The molecule has 1 aliphatic rings. The summed E-state index contributed by atoms with van der Waals surface area (Å²) in [6.07, 6.45) is 6.16. The first-order chi connectivity index (χ1) is 10.4. The molecule has 21 heavy (non-hydrogen) atoms. The van der Waals surface area contributed by atoms with E-state index in [1.807, 2.05) is 18.2 Å². The van der Waals surface area contributed by atoms with Gasteiger partial charge in [-0.3, -0.25) is 0 Å². The van der Waals surface area contributed by atoms with Gasteiger partial charge in [-0.25, -0.2) is 9.97 Å². The third-order valence-corrected chi connectivity index (χ3v) is 3.66. The Hall–Kier alpha value is -2.28. The molecule has 2 aromatic heterocycles. The van der Waals surface area contributed by atoms with Crippen LogP contribution < -0.4 is 10.2 Å². The summed E-state index contributed by atoms with van der Waals surface area (Å²) in [5.41, 5.74) is 0. The standard InChI is InChI=1S/C14H18N6O/c1-21-12-7-11(8-16-13-3-2-5-18-19-13)20(9-12)14-4-6-15-10-17-14/h2-6,10-12H,7-9H2,1H3,(H,16,19)/t11-,12-/m1/s1. The van der Waals surface area contributed by atoms with Gasteiger partial charge in [0.1, 0.15) is 18.0 Å². The van der Waals surface area contributed by atoms with Crippen molar-refractivity contribution < 1.29 is 4.74 Å². The van der Waals surface area contributed by atoms with Gasteiger partial charge in [0.15, 0.2) is 0 Å². The van der Waals surface area contributed by atoms with E-state index < -0.39 is 0 Å². The first-order valence-corrected chi connectivity index (χ1v) is 6.94. The van der Waals surface area contributed by atoms with E-state index in [0.717, 1.165) is 31.1 Å². The third kappa shape index (κ3) is 3.25. The summed E-state index contributed by atoms with van der Waals surface area (Å²) >= 11 is 0. The number of hydrogen-bond donors (Lipinski definition) is 1. The number of rotatable bonds is 5. The van der Waals surface area contributed by atoms with Crippen LogP contribution in [0.3, 0.4) is 0 Å². The smallest absolute Gasteiger partial charge is 0.148 e. The molecule has 0 saturated carbocycles. The van der Waals surface area contributed by atoms with Crippen LogP contribution in [0.5, 0.6) is 0 Å². The van der Waals surface area contributed by atoms with Crippen molar-refractivity contribution in [3.05, 3.63) is 36.9 Å². The van der Waals surface area contributed by atoms with E-state index >= 15 is 0 Å². The van der Waals surface area contributed by atoms with Crippen molar-refractivity contribution in [2.45, 2.75) is 18.6 Å². The fourth-order valence-corrected chi connectivity index (χ4v) is 2.59. The topological polar surface area (TPSA) is 76.1 Å². The number of nitrogens with zero attached hydrogens (tertiary/aromatic N) is 5. The molecule has 0 aromatic carbocycles. The number of aromatic nitrogens is 4. The van der Waals surface area contributed by atoms with Crippen molar-refractivity contribution in [2.75, 3.05) is 30.4 Å². The van der Waals surface area contributed by atoms with E-state index in [0.29, 0.717) is 6.04 Å². The Morgan fingerprint density at radius 3 is 3.05 bits per heavy atom. The second-order valence-electron chi connectivity index (χ2n) is 4.96. The summed E-state index contributed by atoms with van der Waals surface area (Å²) in [6.45, 7) is 1.60. The van der Waals surface area contributed by atoms with Crippen molar-refractivity contribution in [1.29, 1.82) is 0 Å². The van der Waals surface area contributed by atoms with Crippen LogP contribution in [0.2, 0.25) is 0 Å². The van der Waals surface area contributed by atoms with E-state index in [1.165, 1.54) is 0 Å². The van der Waals surface area contributed by atoms with Crippen LogP contribution >= 0.6 is 0 Å². The van der Waals surface area contributed by atoms with Gasteiger partial charge in [-0.2, -0.15) is 5.10 Å². The minimum Gasteiger partial charge on any atom is -0.380 e. The molecule has 0 amide bonds. The lowest BCUT2D eigenvalue weighted by Gasteiger charge is -2.25. The highest BCUT2D eigenvalue weighted by atomic mass is 16.5. The van der Waals surface area contributed by atoms with Gasteiger partial charge in [-0.05, 0) is 24.6 Å². The summed E-state index contributed by atoms with van der Waals surface area (Å²) in [5, 5.41) is 11.2. The van der Waals surface area contributed by atoms with Crippen molar-refractivity contribution in [3.8, 4) is 0 Å². The lowest BCUT2D eigenvalue weighted by molar-refractivity contribution is 0.118. The zero-order chi connectivity index (χ0) is 14.5. The second kappa shape index (κ2) is 6.45. The Kier molecular flexibility index (Phi) is 4.20. The number of ether oxygens (including phenoxy) is 1. The highest BCUT2D eigenvalue weighted by Crippen LogP contribution is 2.25. The maximum Gasteiger partial charge on any atom is 0.148 e. The molecule has 2 atom stereocenters. The minimum atomic E-state index is 0.216. The van der Waals surface area contributed by atoms with Gasteiger partial charge < -0.3 is 15.0 Å². The molecular formula is C14H18N6O. The molecule has 0 radical (unpaired) electrons. The average molecular weight is 286 g/mol. The summed E-state index contributed by atoms with van der Waals surface area (Å²) in [4.78, 5) is 10.6. The Morgan fingerprint density at radius 1 is 1.38 bits per heavy atom. The van der Waals surface area contributed by atoms with Crippen molar-refractivity contribution in [1.82, 2.24) is 20.2 Å². The van der Waals surface area contributed by atoms with Gasteiger partial charge in [0.2, 0.25) is 0 Å². The fraction of sp³-hybridized carbons (Fsp3) is 0.429. The Morgan fingerprint density at radius 2 is 2.33 bits per heavy atom. The van der Waals surface area contributed by atoms with Crippen LogP contribution in [0.4, 0.5) is 11.6 Å². The molecule has 0 aliphatic carbocycles. The summed E-state index contributed by atoms with van der Waals surface area (Å²) in [5.74, 6) is 1.71. The minimum absolute atomic E-state index is 0.216. The molecule has 1 fully saturated rings. The number of methoxy groups -OCH3 is 1. The maximum atomic E-state index is 5.50. The lowest BCUT2D eigenvalue weighted by Crippen LogP contribution is -2.35. The van der Waals surface area contributed by atoms with Crippen LogP contribution in [-0.2, 0) is 4.74 Å². The SMILES string of the molecule is CO[C@@H]1C[C@H](CNc2cccnn2)N(c2ccncn2)C1. The van der Waals surface area contributed by atoms with Crippen LogP contribution in [0.15, 0.2) is 36.9 Å². The van der Waals surface area contributed by atoms with E-state index in [2.05, 4.69) is 30.4 Å². The number of hydrogen-bond acceptors (Lipinski definition) is 7. The fourth-order valence-electron chi connectivity index (χ4n) is 2.59. The molecule has 0 bridgehead atoms. The molecule has 1 aliphatic heterocycles. The van der Waals surface area contributed by atoms with E-state index in [1.54, 1.807) is 25.8 Å². The molecule has 1 saturated heterocycles. The lowest BCUT2D eigenvalue weighted by atomic mass is 10.2. The maximum absolute atomic E-state index is 5.50. The zero-order valence-corrected chi connectivity index (χ0v) is 11.9. The van der Waals surface area contributed by atoms with Crippen LogP contribution in [0, 0.1) is 0 Å². The predicted octanol–water partition coefficient (Wildman–Crippen LogP) is 0.972. The highest BCUT2D eigenvalue weighted by Gasteiger charge is 2.32. The highest BCUT2D eigenvalue weighted by molar-refractivity contribution is 5.42. The van der Waals surface area contributed by atoms with Crippen molar-refractivity contribution in [3.63, 3.8) is 0 Å². The van der Waals surface area contributed by atoms with E-state index in [4.69, 9.17) is 4.74 Å². The first kappa shape index (κ1) is 13.7. The molecule has 1 N–H and O–H groups in total. The predicted molar refractivity (Wildman–Crippen MR) is 79.1 cm³/mol. The molecular weight excluding hydrogens is 268 g/mol. The van der Waals surface area contributed by atoms with Crippen molar-refractivity contribution in [2.24, 2.45) is 0 Å². The summed E-state index contributed by atoms with van der Waals surface area (Å²) in [6, 6.07) is 5.99. The van der Waals surface area contributed by atoms with Gasteiger partial charge in [0.25, 0.3) is 0 Å². The second-order valence-corrected chi connectivity index (χ2v) is 4.96. The summed E-state index contributed by atoms with van der Waals surface area (Å²) < 4.78 is 5.50. The number of nitrogens with one attached hydrogen (secondary N) is 1. The molecule has 7 nitrogen and oxygen atoms in total. The Labute approximate surface area is 123 Å². The van der Waals surface area contributed by atoms with E-state index in [9.17, 15) is 0 Å². The van der Waals surface area contributed by atoms with Gasteiger partial charge in [-0.15, -0.1) is 5.10 Å². The largest absolute Gasteiger partial charge is 0.380 e. The van der Waals surface area contributed by atoms with Crippen LogP contribution in [0.25, 0.3) is 0 Å². The van der Waals surface area contributed by atoms with E-state index in [-0.39, 0.29) is 6.10 Å². The average Bonchev–Trinajstić information content (AvgIpc) is 2.98. The third-order valence-electron chi connectivity index (χ3n) is 3.66. The molecule has 7 heteroatoms. The first-order valence-electron chi connectivity index (χ1n) is 6.94. The molecule has 2 aromatic rings. The monoisotopic (exact) mass is 286 g/mol. The molecule has 110 valence electrons. The van der Waals surface area contributed by atoms with Crippen LogP contribution in [-0.4, -0.2) is 52.5 Å². The van der Waals surface area contributed by atoms with Crippen LogP contribution in [0.1, 0.15) is 6.42 Å². The molecule has 0 spiro atoms. The normalized spacial score (nSPS) is 21.5.